The van der Waals surface area contributed by atoms with Crippen LogP contribution in [0.3, 0.4) is 0 Å². The van der Waals surface area contributed by atoms with Gasteiger partial charge in [-0.25, -0.2) is 13.1 Å². The summed E-state index contributed by atoms with van der Waals surface area (Å²) in [6.07, 6.45) is 2.86. The van der Waals surface area contributed by atoms with E-state index in [4.69, 9.17) is 11.6 Å². The van der Waals surface area contributed by atoms with Gasteiger partial charge in [0.25, 0.3) is 0 Å². The summed E-state index contributed by atoms with van der Waals surface area (Å²) >= 11 is 7.01. The van der Waals surface area contributed by atoms with Crippen molar-refractivity contribution in [3.63, 3.8) is 0 Å². The Hall–Kier alpha value is 0.550. The van der Waals surface area contributed by atoms with E-state index in [9.17, 15) is 8.42 Å². The molecule has 0 aromatic carbocycles. The van der Waals surface area contributed by atoms with E-state index >= 15 is 0 Å². The van der Waals surface area contributed by atoms with Gasteiger partial charge < -0.3 is 0 Å². The predicted molar refractivity (Wildman–Crippen MR) is 55.5 cm³/mol. The first-order chi connectivity index (χ1) is 5.62. The van der Waals surface area contributed by atoms with Gasteiger partial charge in [-0.2, -0.15) is 11.8 Å². The molecule has 0 saturated carbocycles. The Labute approximate surface area is 83.3 Å². The molecule has 6 heteroatoms. The Kier molecular flexibility index (Phi) is 7.32. The van der Waals surface area contributed by atoms with Crippen LogP contribution in [-0.2, 0) is 10.0 Å². The van der Waals surface area contributed by atoms with Crippen LogP contribution >= 0.6 is 23.4 Å². The molecule has 0 atom stereocenters. The normalized spacial score (nSPS) is 11.8. The third-order valence-corrected chi connectivity index (χ3v) is 3.69. The van der Waals surface area contributed by atoms with Crippen LogP contribution < -0.4 is 4.72 Å². The molecule has 0 bridgehead atoms. The average molecular weight is 232 g/mol. The first-order valence-corrected chi connectivity index (χ1v) is 7.22. The number of halogens is 1. The second kappa shape index (κ2) is 7.00. The third-order valence-electron chi connectivity index (χ3n) is 1.19. The summed E-state index contributed by atoms with van der Waals surface area (Å²) in [6.45, 7) is 0.514. The van der Waals surface area contributed by atoms with Crippen molar-refractivity contribution in [3.8, 4) is 0 Å². The summed E-state index contributed by atoms with van der Waals surface area (Å²) in [4.78, 5) is 0. The Balaban J connectivity index is 3.48. The second-order valence-corrected chi connectivity index (χ2v) is 5.54. The fourth-order valence-corrected chi connectivity index (χ4v) is 2.46. The summed E-state index contributed by atoms with van der Waals surface area (Å²) < 4.78 is 24.5. The van der Waals surface area contributed by atoms with Crippen LogP contribution in [0.4, 0.5) is 0 Å². The van der Waals surface area contributed by atoms with Gasteiger partial charge in [0.1, 0.15) is 0 Å². The predicted octanol–water partition coefficient (Wildman–Crippen LogP) is 0.898. The number of hydrogen-bond donors (Lipinski definition) is 1. The maximum Gasteiger partial charge on any atom is 0.212 e. The zero-order chi connectivity index (χ0) is 9.45. The second-order valence-electron chi connectivity index (χ2n) is 2.25. The molecule has 0 unspecified atom stereocenters. The van der Waals surface area contributed by atoms with Crippen LogP contribution in [0.15, 0.2) is 0 Å². The lowest BCUT2D eigenvalue weighted by atomic mass is 10.5. The van der Waals surface area contributed by atoms with Gasteiger partial charge in [-0.1, -0.05) is 0 Å². The lowest BCUT2D eigenvalue weighted by Gasteiger charge is -2.03. The van der Waals surface area contributed by atoms with Gasteiger partial charge in [-0.3, -0.25) is 0 Å². The number of sulfonamides is 1. The van der Waals surface area contributed by atoms with Gasteiger partial charge in [0.2, 0.25) is 10.0 Å². The van der Waals surface area contributed by atoms with E-state index in [2.05, 4.69) is 4.72 Å². The number of thioether (sulfide) groups is 1. The molecule has 0 rings (SSSR count). The lowest BCUT2D eigenvalue weighted by molar-refractivity contribution is 0.582. The van der Waals surface area contributed by atoms with Crippen LogP contribution in [0.25, 0.3) is 0 Å². The monoisotopic (exact) mass is 231 g/mol. The fourth-order valence-electron chi connectivity index (χ4n) is 0.618. The molecule has 0 aliphatic heterocycles. The zero-order valence-electron chi connectivity index (χ0n) is 7.05. The Bertz CT molecular complexity index is 194. The molecule has 0 fully saturated rings. The number of alkyl halides is 1. The van der Waals surface area contributed by atoms with Crippen molar-refractivity contribution in [2.45, 2.75) is 6.42 Å². The maximum atomic E-state index is 11.0. The fraction of sp³-hybridized carbons (Fsp3) is 1.00. The van der Waals surface area contributed by atoms with E-state index in [1.807, 2.05) is 6.26 Å². The molecule has 0 aromatic rings. The highest BCUT2D eigenvalue weighted by Crippen LogP contribution is 1.94. The number of nitrogens with one attached hydrogen (secondary N) is 1. The van der Waals surface area contributed by atoms with Crippen molar-refractivity contribution in [1.29, 1.82) is 0 Å². The third kappa shape index (κ3) is 7.21. The molecule has 0 spiro atoms. The topological polar surface area (TPSA) is 46.2 Å². The maximum absolute atomic E-state index is 11.0. The molecule has 74 valence electrons. The molecule has 0 amide bonds. The molecule has 12 heavy (non-hydrogen) atoms. The van der Waals surface area contributed by atoms with E-state index in [-0.39, 0.29) is 11.6 Å². The van der Waals surface area contributed by atoms with Gasteiger partial charge in [0, 0.05) is 12.4 Å². The first kappa shape index (κ1) is 12.6. The summed E-state index contributed by atoms with van der Waals surface area (Å²) in [6, 6.07) is 0. The Morgan fingerprint density at radius 1 is 1.50 bits per heavy atom. The largest absolute Gasteiger partial charge is 0.215 e. The van der Waals surface area contributed by atoms with Crippen LogP contribution in [0.5, 0.6) is 0 Å². The average Bonchev–Trinajstić information content (AvgIpc) is 1.98. The Morgan fingerprint density at radius 3 is 2.67 bits per heavy atom. The van der Waals surface area contributed by atoms with Crippen molar-refractivity contribution < 1.29 is 8.42 Å². The molecule has 0 heterocycles. The molecular weight excluding hydrogens is 218 g/mol. The van der Waals surface area contributed by atoms with Gasteiger partial charge in [0.15, 0.2) is 0 Å². The van der Waals surface area contributed by atoms with Gasteiger partial charge in [-0.15, -0.1) is 11.6 Å². The minimum absolute atomic E-state index is 0.00776. The zero-order valence-corrected chi connectivity index (χ0v) is 9.44. The molecule has 0 radical (unpaired) electrons. The van der Waals surface area contributed by atoms with Crippen molar-refractivity contribution in [2.24, 2.45) is 0 Å². The summed E-state index contributed by atoms with van der Waals surface area (Å²) in [5.41, 5.74) is 0. The quantitative estimate of drug-likeness (QED) is 0.523. The smallest absolute Gasteiger partial charge is 0.212 e. The van der Waals surface area contributed by atoms with E-state index in [1.54, 1.807) is 11.8 Å². The van der Waals surface area contributed by atoms with Crippen molar-refractivity contribution in [3.05, 3.63) is 0 Å². The standard InChI is InChI=1S/C6H14ClNO2S2/c1-11-5-2-4-8-12(9,10)6-3-7/h8H,2-6H2,1H3. The molecular formula is C6H14ClNO2S2. The van der Waals surface area contributed by atoms with E-state index in [1.165, 1.54) is 0 Å². The number of rotatable bonds is 7. The van der Waals surface area contributed by atoms with Crippen LogP contribution in [0.2, 0.25) is 0 Å². The van der Waals surface area contributed by atoms with E-state index in [0.717, 1.165) is 12.2 Å². The highest BCUT2D eigenvalue weighted by atomic mass is 35.5. The summed E-state index contributed by atoms with van der Waals surface area (Å²) in [5.74, 6) is 1.13. The SMILES string of the molecule is CSCCCNS(=O)(=O)CCCl. The van der Waals surface area contributed by atoms with Gasteiger partial charge in [-0.05, 0) is 18.4 Å². The minimum atomic E-state index is -3.10. The highest BCUT2D eigenvalue weighted by Gasteiger charge is 2.06. The van der Waals surface area contributed by atoms with Crippen LogP contribution in [0, 0.1) is 0 Å². The van der Waals surface area contributed by atoms with Crippen LogP contribution in [0.1, 0.15) is 6.42 Å². The van der Waals surface area contributed by atoms with Crippen molar-refractivity contribution in [1.82, 2.24) is 4.72 Å². The lowest BCUT2D eigenvalue weighted by Crippen LogP contribution is -2.28. The van der Waals surface area contributed by atoms with Crippen LogP contribution in [-0.4, -0.2) is 38.6 Å². The van der Waals surface area contributed by atoms with E-state index < -0.39 is 10.0 Å². The first-order valence-electron chi connectivity index (χ1n) is 3.64. The summed E-state index contributed by atoms with van der Waals surface area (Å²) in [5, 5.41) is 0. The number of hydrogen-bond acceptors (Lipinski definition) is 3. The molecule has 0 aromatic heterocycles. The highest BCUT2D eigenvalue weighted by molar-refractivity contribution is 7.98. The molecule has 3 nitrogen and oxygen atoms in total. The van der Waals surface area contributed by atoms with Gasteiger partial charge in [0.05, 0.1) is 5.75 Å². The molecule has 0 saturated heterocycles. The summed E-state index contributed by atoms with van der Waals surface area (Å²) in [7, 11) is -3.10. The molecule has 1 N–H and O–H groups in total. The van der Waals surface area contributed by atoms with Crippen molar-refractivity contribution >= 4 is 33.4 Å². The Morgan fingerprint density at radius 2 is 2.17 bits per heavy atom. The molecule has 0 aliphatic carbocycles. The van der Waals surface area contributed by atoms with Gasteiger partial charge >= 0.3 is 0 Å². The minimum Gasteiger partial charge on any atom is -0.215 e. The van der Waals surface area contributed by atoms with E-state index in [0.29, 0.717) is 6.54 Å². The van der Waals surface area contributed by atoms with Crippen molar-refractivity contribution in [2.75, 3.05) is 30.2 Å². The molecule has 0 aliphatic rings.